The Morgan fingerprint density at radius 2 is 2.24 bits per heavy atom. The van der Waals surface area contributed by atoms with Crippen molar-refractivity contribution in [2.75, 3.05) is 24.6 Å². The highest BCUT2D eigenvalue weighted by atomic mass is 16.3. The maximum atomic E-state index is 12.8. The lowest BCUT2D eigenvalue weighted by atomic mass is 10.2. The van der Waals surface area contributed by atoms with E-state index >= 15 is 0 Å². The van der Waals surface area contributed by atoms with E-state index in [1.54, 1.807) is 17.3 Å². The molecular formula is C18H25N5O2. The van der Waals surface area contributed by atoms with E-state index < -0.39 is 0 Å². The number of carbonyl (C=O) groups is 1. The number of amides is 1. The molecule has 1 amide bonds. The SMILES string of the molecule is CCN(Cc1nccn1C)C(=O)c1ccc(N2CCC[C@H]2CO)nc1. The van der Waals surface area contributed by atoms with Crippen molar-refractivity contribution in [3.8, 4) is 0 Å². The third-order valence-corrected chi connectivity index (χ3v) is 4.80. The highest BCUT2D eigenvalue weighted by Gasteiger charge is 2.25. The number of rotatable bonds is 6. The molecule has 1 saturated heterocycles. The first-order valence-corrected chi connectivity index (χ1v) is 8.73. The topological polar surface area (TPSA) is 74.5 Å². The predicted molar refractivity (Wildman–Crippen MR) is 95.3 cm³/mol. The molecule has 2 aromatic heterocycles. The van der Waals surface area contributed by atoms with E-state index in [1.807, 2.05) is 36.9 Å². The number of hydrogen-bond acceptors (Lipinski definition) is 5. The second-order valence-corrected chi connectivity index (χ2v) is 6.35. The molecule has 2 aromatic rings. The molecule has 0 aromatic carbocycles. The van der Waals surface area contributed by atoms with Gasteiger partial charge in [0.2, 0.25) is 0 Å². The largest absolute Gasteiger partial charge is 0.394 e. The third-order valence-electron chi connectivity index (χ3n) is 4.80. The molecule has 0 spiro atoms. The average Bonchev–Trinajstić information content (AvgIpc) is 3.28. The van der Waals surface area contributed by atoms with E-state index in [9.17, 15) is 9.90 Å². The van der Waals surface area contributed by atoms with Gasteiger partial charge in [-0.2, -0.15) is 0 Å². The van der Waals surface area contributed by atoms with Gasteiger partial charge in [-0.25, -0.2) is 9.97 Å². The summed E-state index contributed by atoms with van der Waals surface area (Å²) in [7, 11) is 1.92. The van der Waals surface area contributed by atoms with E-state index in [4.69, 9.17) is 0 Å². The molecule has 1 atom stereocenters. The molecule has 25 heavy (non-hydrogen) atoms. The molecule has 7 nitrogen and oxygen atoms in total. The van der Waals surface area contributed by atoms with Crippen molar-refractivity contribution in [1.82, 2.24) is 19.4 Å². The lowest BCUT2D eigenvalue weighted by molar-refractivity contribution is 0.0747. The fourth-order valence-corrected chi connectivity index (χ4v) is 3.24. The van der Waals surface area contributed by atoms with Crippen molar-refractivity contribution < 1.29 is 9.90 Å². The van der Waals surface area contributed by atoms with Crippen molar-refractivity contribution in [3.63, 3.8) is 0 Å². The van der Waals surface area contributed by atoms with Crippen LogP contribution in [0.3, 0.4) is 0 Å². The molecule has 1 aliphatic heterocycles. The number of hydrogen-bond donors (Lipinski definition) is 1. The first-order valence-electron chi connectivity index (χ1n) is 8.73. The second-order valence-electron chi connectivity index (χ2n) is 6.35. The zero-order chi connectivity index (χ0) is 17.8. The van der Waals surface area contributed by atoms with Gasteiger partial charge in [-0.15, -0.1) is 0 Å². The molecule has 0 saturated carbocycles. The third kappa shape index (κ3) is 3.66. The summed E-state index contributed by atoms with van der Waals surface area (Å²) in [5.41, 5.74) is 0.569. The van der Waals surface area contributed by atoms with Gasteiger partial charge in [0.15, 0.2) is 0 Å². The Bertz CT molecular complexity index is 713. The van der Waals surface area contributed by atoms with Gasteiger partial charge in [-0.1, -0.05) is 0 Å². The van der Waals surface area contributed by atoms with Gasteiger partial charge in [0.25, 0.3) is 5.91 Å². The van der Waals surface area contributed by atoms with Crippen LogP contribution in [0.4, 0.5) is 5.82 Å². The number of aryl methyl sites for hydroxylation is 1. The van der Waals surface area contributed by atoms with Gasteiger partial charge >= 0.3 is 0 Å². The minimum atomic E-state index is -0.0512. The predicted octanol–water partition coefficient (Wildman–Crippen LogP) is 1.44. The monoisotopic (exact) mass is 343 g/mol. The van der Waals surface area contributed by atoms with Gasteiger partial charge in [-0.05, 0) is 31.9 Å². The van der Waals surface area contributed by atoms with Crippen LogP contribution in [0.2, 0.25) is 0 Å². The highest BCUT2D eigenvalue weighted by Crippen LogP contribution is 2.23. The molecule has 3 rings (SSSR count). The van der Waals surface area contributed by atoms with Gasteiger partial charge in [0.1, 0.15) is 11.6 Å². The number of pyridine rings is 1. The fourth-order valence-electron chi connectivity index (χ4n) is 3.24. The normalized spacial score (nSPS) is 17.1. The zero-order valence-corrected chi connectivity index (χ0v) is 14.8. The van der Waals surface area contributed by atoms with Gasteiger partial charge < -0.3 is 19.5 Å². The van der Waals surface area contributed by atoms with Crippen LogP contribution < -0.4 is 4.90 Å². The number of carbonyl (C=O) groups excluding carboxylic acids is 1. The van der Waals surface area contributed by atoms with Crippen LogP contribution in [0, 0.1) is 0 Å². The fraction of sp³-hybridized carbons (Fsp3) is 0.500. The Balaban J connectivity index is 1.72. The van der Waals surface area contributed by atoms with Crippen LogP contribution in [0.1, 0.15) is 35.9 Å². The standard InChI is InChI=1S/C18H25N5O2/c1-3-22(12-17-19-8-10-21(17)2)18(25)14-6-7-16(20-11-14)23-9-4-5-15(23)13-24/h6-8,10-11,15,24H,3-5,9,12-13H2,1-2H3/t15-/m0/s1. The molecular weight excluding hydrogens is 318 g/mol. The molecule has 134 valence electrons. The lowest BCUT2D eigenvalue weighted by Gasteiger charge is -2.24. The van der Waals surface area contributed by atoms with E-state index in [1.165, 1.54) is 0 Å². The smallest absolute Gasteiger partial charge is 0.255 e. The quantitative estimate of drug-likeness (QED) is 0.859. The Kier molecular flexibility index (Phi) is 5.33. The Morgan fingerprint density at radius 3 is 2.84 bits per heavy atom. The van der Waals surface area contributed by atoms with Gasteiger partial charge in [0, 0.05) is 38.7 Å². The first-order chi connectivity index (χ1) is 12.1. The summed E-state index contributed by atoms with van der Waals surface area (Å²) < 4.78 is 1.92. The van der Waals surface area contributed by atoms with Crippen LogP contribution in [0.25, 0.3) is 0 Å². The molecule has 0 bridgehead atoms. The van der Waals surface area contributed by atoms with E-state index in [2.05, 4.69) is 14.9 Å². The molecule has 0 radical (unpaired) electrons. The minimum Gasteiger partial charge on any atom is -0.394 e. The number of aliphatic hydroxyl groups excluding tert-OH is 1. The molecule has 3 heterocycles. The summed E-state index contributed by atoms with van der Waals surface area (Å²) in [5, 5.41) is 9.45. The lowest BCUT2D eigenvalue weighted by Crippen LogP contribution is -2.33. The van der Waals surface area contributed by atoms with E-state index in [0.717, 1.165) is 31.0 Å². The van der Waals surface area contributed by atoms with Crippen molar-refractivity contribution in [2.24, 2.45) is 7.05 Å². The Hall–Kier alpha value is -2.41. The van der Waals surface area contributed by atoms with Crippen LogP contribution >= 0.6 is 0 Å². The molecule has 7 heteroatoms. The van der Waals surface area contributed by atoms with E-state index in [0.29, 0.717) is 18.7 Å². The van der Waals surface area contributed by atoms with Crippen LogP contribution in [-0.2, 0) is 13.6 Å². The number of imidazole rings is 1. The van der Waals surface area contributed by atoms with Crippen LogP contribution in [0.15, 0.2) is 30.7 Å². The van der Waals surface area contributed by atoms with Crippen molar-refractivity contribution in [2.45, 2.75) is 32.4 Å². The van der Waals surface area contributed by atoms with Crippen molar-refractivity contribution >= 4 is 11.7 Å². The maximum Gasteiger partial charge on any atom is 0.255 e. The zero-order valence-electron chi connectivity index (χ0n) is 14.8. The number of aromatic nitrogens is 3. The van der Waals surface area contributed by atoms with Crippen LogP contribution in [-0.4, -0.2) is 56.2 Å². The second kappa shape index (κ2) is 7.65. The summed E-state index contributed by atoms with van der Waals surface area (Å²) in [6, 6.07) is 3.82. The summed E-state index contributed by atoms with van der Waals surface area (Å²) >= 11 is 0. The van der Waals surface area contributed by atoms with Crippen molar-refractivity contribution in [1.29, 1.82) is 0 Å². The highest BCUT2D eigenvalue weighted by molar-refractivity contribution is 5.94. The molecule has 1 fully saturated rings. The average molecular weight is 343 g/mol. The van der Waals surface area contributed by atoms with Gasteiger partial charge in [-0.3, -0.25) is 4.79 Å². The summed E-state index contributed by atoms with van der Waals surface area (Å²) in [4.78, 5) is 25.4. The number of anilines is 1. The number of aliphatic hydroxyl groups is 1. The number of nitrogens with zero attached hydrogens (tertiary/aromatic N) is 5. The summed E-state index contributed by atoms with van der Waals surface area (Å²) in [6.07, 6.45) is 7.27. The maximum absolute atomic E-state index is 12.8. The molecule has 1 aliphatic rings. The Labute approximate surface area is 147 Å². The van der Waals surface area contributed by atoms with E-state index in [-0.39, 0.29) is 18.6 Å². The van der Waals surface area contributed by atoms with Crippen molar-refractivity contribution in [3.05, 3.63) is 42.1 Å². The Morgan fingerprint density at radius 1 is 1.40 bits per heavy atom. The first kappa shape index (κ1) is 17.4. The summed E-state index contributed by atoms with van der Waals surface area (Å²) in [6.45, 7) is 4.06. The molecule has 1 N–H and O–H groups in total. The molecule has 0 aliphatic carbocycles. The minimum absolute atomic E-state index is 0.0512. The summed E-state index contributed by atoms with van der Waals surface area (Å²) in [5.74, 6) is 1.62. The van der Waals surface area contributed by atoms with Gasteiger partial charge in [0.05, 0.1) is 24.8 Å². The van der Waals surface area contributed by atoms with Crippen LogP contribution in [0.5, 0.6) is 0 Å². The molecule has 0 unspecified atom stereocenters.